The summed E-state index contributed by atoms with van der Waals surface area (Å²) < 4.78 is 4.83. The van der Waals surface area contributed by atoms with E-state index < -0.39 is 0 Å². The van der Waals surface area contributed by atoms with E-state index in [0.29, 0.717) is 0 Å². The molecule has 9 aromatic carbocycles. The Kier molecular flexibility index (Phi) is 6.93. The van der Waals surface area contributed by atoms with Crippen LogP contribution in [0.3, 0.4) is 0 Å². The first kappa shape index (κ1) is 31.7. The molecule has 266 valence electrons. The lowest BCUT2D eigenvalue weighted by Gasteiger charge is -2.26. The molecule has 12 aromatic rings. The minimum atomic E-state index is 1.10. The molecule has 3 heteroatoms. The predicted molar refractivity (Wildman–Crippen MR) is 241 cm³/mol. The van der Waals surface area contributed by atoms with Gasteiger partial charge in [-0.05, 0) is 95.1 Å². The summed E-state index contributed by atoms with van der Waals surface area (Å²) in [5.74, 6) is 0. The van der Waals surface area contributed by atoms with Crippen LogP contribution in [0.1, 0.15) is 0 Å². The lowest BCUT2D eigenvalue weighted by atomic mass is 10.0. The van der Waals surface area contributed by atoms with Crippen LogP contribution < -0.4 is 4.90 Å². The number of anilines is 3. The zero-order valence-electron chi connectivity index (χ0n) is 31.0. The first-order chi connectivity index (χ1) is 28.3. The van der Waals surface area contributed by atoms with Gasteiger partial charge in [-0.3, -0.25) is 0 Å². The number of benzene rings is 9. The number of fused-ring (bicyclic) bond motifs is 9. The summed E-state index contributed by atoms with van der Waals surface area (Å²) in [5, 5.41) is 7.68. The van der Waals surface area contributed by atoms with Crippen molar-refractivity contribution in [2.75, 3.05) is 4.90 Å². The molecule has 0 N–H and O–H groups in total. The van der Waals surface area contributed by atoms with Gasteiger partial charge in [0.2, 0.25) is 0 Å². The highest BCUT2D eigenvalue weighted by molar-refractivity contribution is 6.23. The minimum Gasteiger partial charge on any atom is -0.310 e. The zero-order valence-corrected chi connectivity index (χ0v) is 31.0. The van der Waals surface area contributed by atoms with Gasteiger partial charge in [-0.2, -0.15) is 0 Å². The lowest BCUT2D eigenvalue weighted by Crippen LogP contribution is -2.10. The van der Waals surface area contributed by atoms with Gasteiger partial charge in [-0.25, -0.2) is 0 Å². The van der Waals surface area contributed by atoms with Crippen molar-refractivity contribution in [1.29, 1.82) is 0 Å². The largest absolute Gasteiger partial charge is 0.310 e. The third kappa shape index (κ3) is 4.86. The summed E-state index contributed by atoms with van der Waals surface area (Å²) in [7, 11) is 0. The molecule has 0 spiro atoms. The standard InChI is InChI=1S/C54H35N3/c1-3-12-36(13-4-1)37-22-27-41(28-23-37)55(43-31-32-46-44-16-7-9-20-50(44)56(53(46)35-43)40-14-5-2-6-15-40)42-29-24-38(25-30-42)39-26-33-52-49(34-39)48-19-11-18-47-45-17-8-10-21-51(45)57(52)54(47)48/h1-35H. The summed E-state index contributed by atoms with van der Waals surface area (Å²) in [6, 6.07) is 77.3. The Bertz CT molecular complexity index is 3430. The monoisotopic (exact) mass is 725 g/mol. The highest BCUT2D eigenvalue weighted by Crippen LogP contribution is 2.43. The number of para-hydroxylation sites is 4. The molecule has 0 fully saturated rings. The maximum absolute atomic E-state index is 2.44. The van der Waals surface area contributed by atoms with Crippen molar-refractivity contribution in [1.82, 2.24) is 8.97 Å². The van der Waals surface area contributed by atoms with E-state index in [1.807, 2.05) is 0 Å². The molecule has 57 heavy (non-hydrogen) atoms. The molecule has 0 saturated heterocycles. The zero-order chi connectivity index (χ0) is 37.5. The van der Waals surface area contributed by atoms with Crippen LogP contribution in [-0.4, -0.2) is 8.97 Å². The fourth-order valence-corrected chi connectivity index (χ4v) is 9.25. The number of nitrogens with zero attached hydrogens (tertiary/aromatic N) is 3. The Balaban J connectivity index is 1.000. The van der Waals surface area contributed by atoms with Crippen LogP contribution in [0.25, 0.3) is 87.8 Å². The lowest BCUT2D eigenvalue weighted by molar-refractivity contribution is 1.18. The van der Waals surface area contributed by atoms with E-state index in [0.717, 1.165) is 22.7 Å². The van der Waals surface area contributed by atoms with Gasteiger partial charge in [0.15, 0.2) is 0 Å². The number of hydrogen-bond acceptors (Lipinski definition) is 1. The molecule has 0 aliphatic rings. The van der Waals surface area contributed by atoms with Crippen LogP contribution >= 0.6 is 0 Å². The third-order valence-corrected chi connectivity index (χ3v) is 11.8. The maximum Gasteiger partial charge on any atom is 0.0620 e. The van der Waals surface area contributed by atoms with Gasteiger partial charge in [0.05, 0.1) is 27.6 Å². The Morgan fingerprint density at radius 1 is 0.281 bits per heavy atom. The van der Waals surface area contributed by atoms with Crippen molar-refractivity contribution in [3.8, 4) is 27.9 Å². The fraction of sp³-hybridized carbons (Fsp3) is 0. The van der Waals surface area contributed by atoms with Gasteiger partial charge in [-0.15, -0.1) is 0 Å². The molecule has 0 atom stereocenters. The normalized spacial score (nSPS) is 11.9. The second kappa shape index (κ2) is 12.5. The molecule has 0 amide bonds. The average molecular weight is 726 g/mol. The van der Waals surface area contributed by atoms with Gasteiger partial charge in [0.1, 0.15) is 0 Å². The van der Waals surface area contributed by atoms with Crippen molar-refractivity contribution in [2.24, 2.45) is 0 Å². The van der Waals surface area contributed by atoms with E-state index in [-0.39, 0.29) is 0 Å². The van der Waals surface area contributed by atoms with Crippen LogP contribution in [0.2, 0.25) is 0 Å². The van der Waals surface area contributed by atoms with E-state index >= 15 is 0 Å². The van der Waals surface area contributed by atoms with Crippen LogP contribution in [0.15, 0.2) is 212 Å². The molecule has 0 saturated carbocycles. The van der Waals surface area contributed by atoms with Crippen LogP contribution in [-0.2, 0) is 0 Å². The smallest absolute Gasteiger partial charge is 0.0620 e. The topological polar surface area (TPSA) is 12.6 Å². The van der Waals surface area contributed by atoms with Gasteiger partial charge in [0.25, 0.3) is 0 Å². The molecule has 0 bridgehead atoms. The van der Waals surface area contributed by atoms with Crippen molar-refractivity contribution in [3.63, 3.8) is 0 Å². The summed E-state index contributed by atoms with van der Waals surface area (Å²) in [5.41, 5.74) is 15.4. The molecule has 0 radical (unpaired) electrons. The summed E-state index contributed by atoms with van der Waals surface area (Å²) in [4.78, 5) is 2.38. The highest BCUT2D eigenvalue weighted by atomic mass is 15.1. The van der Waals surface area contributed by atoms with Crippen LogP contribution in [0.5, 0.6) is 0 Å². The van der Waals surface area contributed by atoms with Crippen LogP contribution in [0.4, 0.5) is 17.1 Å². The molecule has 0 aliphatic carbocycles. The summed E-state index contributed by atoms with van der Waals surface area (Å²) in [6.45, 7) is 0. The fourth-order valence-electron chi connectivity index (χ4n) is 9.25. The second-order valence-corrected chi connectivity index (χ2v) is 15.0. The second-order valence-electron chi connectivity index (χ2n) is 15.0. The Hall–Kier alpha value is -7.62. The molecular formula is C54H35N3. The predicted octanol–water partition coefficient (Wildman–Crippen LogP) is 14.7. The van der Waals surface area contributed by atoms with Crippen LogP contribution in [0, 0.1) is 0 Å². The average Bonchev–Trinajstić information content (AvgIpc) is 3.92. The van der Waals surface area contributed by atoms with Gasteiger partial charge in [0, 0.05) is 55.1 Å². The molecule has 12 rings (SSSR count). The first-order valence-electron chi connectivity index (χ1n) is 19.6. The molecule has 3 aromatic heterocycles. The maximum atomic E-state index is 2.44. The quantitative estimate of drug-likeness (QED) is 0.166. The van der Waals surface area contributed by atoms with Gasteiger partial charge < -0.3 is 13.9 Å². The Morgan fingerprint density at radius 3 is 1.49 bits per heavy atom. The molecule has 3 nitrogen and oxygen atoms in total. The Morgan fingerprint density at radius 2 is 0.772 bits per heavy atom. The summed E-state index contributed by atoms with van der Waals surface area (Å²) in [6.07, 6.45) is 0. The van der Waals surface area contributed by atoms with Crippen molar-refractivity contribution >= 4 is 77.0 Å². The third-order valence-electron chi connectivity index (χ3n) is 11.8. The van der Waals surface area contributed by atoms with Crippen molar-refractivity contribution in [3.05, 3.63) is 212 Å². The van der Waals surface area contributed by atoms with Crippen molar-refractivity contribution in [2.45, 2.75) is 0 Å². The number of rotatable bonds is 6. The van der Waals surface area contributed by atoms with E-state index in [1.165, 1.54) is 82.2 Å². The number of aromatic nitrogens is 2. The van der Waals surface area contributed by atoms with E-state index in [9.17, 15) is 0 Å². The summed E-state index contributed by atoms with van der Waals surface area (Å²) >= 11 is 0. The molecule has 3 heterocycles. The first-order valence-corrected chi connectivity index (χ1v) is 19.6. The van der Waals surface area contributed by atoms with Gasteiger partial charge >= 0.3 is 0 Å². The highest BCUT2D eigenvalue weighted by Gasteiger charge is 2.20. The van der Waals surface area contributed by atoms with E-state index in [2.05, 4.69) is 226 Å². The van der Waals surface area contributed by atoms with E-state index in [4.69, 9.17) is 0 Å². The SMILES string of the molecule is c1ccc(-c2ccc(N(c3ccc(-c4ccc5c(c4)c4cccc6c7ccccc7n5c64)cc3)c3ccc4c5ccccc5n(-c5ccccc5)c4c3)cc2)cc1. The molecular weight excluding hydrogens is 691 g/mol. The number of hydrogen-bond donors (Lipinski definition) is 0. The van der Waals surface area contributed by atoms with E-state index in [1.54, 1.807) is 0 Å². The van der Waals surface area contributed by atoms with Gasteiger partial charge in [-0.1, -0.05) is 140 Å². The Labute approximate surface area is 329 Å². The molecule has 0 aliphatic heterocycles. The molecule has 0 unspecified atom stereocenters. The minimum absolute atomic E-state index is 1.10. The van der Waals surface area contributed by atoms with Crippen molar-refractivity contribution < 1.29 is 0 Å².